The average Bonchev–Trinajstić information content (AvgIpc) is 2.55. The quantitative estimate of drug-likeness (QED) is 0.664. The Kier molecular flexibility index (Phi) is 6.03. The Morgan fingerprint density at radius 3 is 2.44 bits per heavy atom. The van der Waals surface area contributed by atoms with E-state index < -0.39 is 16.0 Å². The smallest absolute Gasteiger partial charge is 0.337 e. The fourth-order valence-corrected chi connectivity index (χ4v) is 3.57. The van der Waals surface area contributed by atoms with Crippen molar-refractivity contribution in [3.63, 3.8) is 0 Å². The first-order valence-electron chi connectivity index (χ1n) is 8.05. The number of nitrogens with one attached hydrogen (secondary N) is 2. The minimum absolute atomic E-state index is 0.0705. The van der Waals surface area contributed by atoms with Crippen LogP contribution in [0.5, 0.6) is 0 Å². The summed E-state index contributed by atoms with van der Waals surface area (Å²) in [5.74, 6) is -1.18. The molecule has 0 saturated heterocycles. The molecule has 0 unspecified atom stereocenters. The van der Waals surface area contributed by atoms with Crippen LogP contribution in [-0.2, 0) is 10.0 Å². The Hall–Kier alpha value is -2.54. The van der Waals surface area contributed by atoms with Crippen LogP contribution < -0.4 is 10.0 Å². The maximum absolute atomic E-state index is 12.5. The maximum Gasteiger partial charge on any atom is 0.337 e. The number of carboxylic acids is 1. The normalized spacial score (nSPS) is 12.4. The molecule has 0 aliphatic heterocycles. The number of aromatic carboxylic acids is 1. The molecule has 0 saturated carbocycles. The van der Waals surface area contributed by atoms with Gasteiger partial charge in [-0.05, 0) is 43.7 Å². The fourth-order valence-electron chi connectivity index (χ4n) is 2.48. The molecule has 0 fully saturated rings. The zero-order valence-electron chi connectivity index (χ0n) is 14.2. The number of anilines is 2. The summed E-state index contributed by atoms with van der Waals surface area (Å²) in [6.45, 7) is 4.00. The SMILES string of the molecule is CCC[C@H](C)Nc1ccc(S(=O)(=O)Nc2ccccc2)cc1C(=O)O. The van der Waals surface area contributed by atoms with Gasteiger partial charge in [0.1, 0.15) is 0 Å². The Bertz CT molecular complexity index is 835. The highest BCUT2D eigenvalue weighted by molar-refractivity contribution is 7.92. The highest BCUT2D eigenvalue weighted by Gasteiger charge is 2.19. The third-order valence-electron chi connectivity index (χ3n) is 3.68. The van der Waals surface area contributed by atoms with Crippen molar-refractivity contribution < 1.29 is 18.3 Å². The lowest BCUT2D eigenvalue weighted by Gasteiger charge is -2.17. The summed E-state index contributed by atoms with van der Waals surface area (Å²) in [6.07, 6.45) is 1.85. The number of carboxylic acid groups (broad SMARTS) is 1. The summed E-state index contributed by atoms with van der Waals surface area (Å²) < 4.78 is 27.4. The number of hydrogen-bond acceptors (Lipinski definition) is 4. The van der Waals surface area contributed by atoms with Crippen LogP contribution in [0.3, 0.4) is 0 Å². The Morgan fingerprint density at radius 2 is 1.84 bits per heavy atom. The predicted molar refractivity (Wildman–Crippen MR) is 98.6 cm³/mol. The second-order valence-electron chi connectivity index (χ2n) is 5.82. The molecule has 25 heavy (non-hydrogen) atoms. The molecule has 6 nitrogen and oxygen atoms in total. The number of carbonyl (C=O) groups is 1. The first kappa shape index (κ1) is 18.8. The summed E-state index contributed by atoms with van der Waals surface area (Å²) in [6, 6.07) is 12.6. The van der Waals surface area contributed by atoms with Crippen molar-refractivity contribution in [2.24, 2.45) is 0 Å². The van der Waals surface area contributed by atoms with Gasteiger partial charge in [0, 0.05) is 17.4 Å². The molecule has 0 heterocycles. The average molecular weight is 362 g/mol. The molecule has 0 aliphatic carbocycles. The van der Waals surface area contributed by atoms with E-state index in [4.69, 9.17) is 0 Å². The third kappa shape index (κ3) is 4.96. The second-order valence-corrected chi connectivity index (χ2v) is 7.50. The number of sulfonamides is 1. The van der Waals surface area contributed by atoms with Crippen LogP contribution in [0.1, 0.15) is 37.0 Å². The first-order valence-corrected chi connectivity index (χ1v) is 9.53. The molecule has 0 amide bonds. The molecule has 0 aliphatic rings. The van der Waals surface area contributed by atoms with Gasteiger partial charge < -0.3 is 10.4 Å². The first-order chi connectivity index (χ1) is 11.8. The van der Waals surface area contributed by atoms with E-state index in [0.717, 1.165) is 12.8 Å². The van der Waals surface area contributed by atoms with Gasteiger partial charge in [0.2, 0.25) is 0 Å². The van der Waals surface area contributed by atoms with Crippen molar-refractivity contribution in [3.05, 3.63) is 54.1 Å². The van der Waals surface area contributed by atoms with Crippen LogP contribution in [0.2, 0.25) is 0 Å². The standard InChI is InChI=1S/C18H22N2O4S/c1-3-7-13(2)19-17-11-10-15(12-16(17)18(21)22)25(23,24)20-14-8-5-4-6-9-14/h4-6,8-13,19-20H,3,7H2,1-2H3,(H,21,22)/t13-/m0/s1. The summed E-state index contributed by atoms with van der Waals surface area (Å²) in [5, 5.41) is 12.6. The monoisotopic (exact) mass is 362 g/mol. The highest BCUT2D eigenvalue weighted by Crippen LogP contribution is 2.24. The van der Waals surface area contributed by atoms with Gasteiger partial charge in [0.05, 0.1) is 10.5 Å². The van der Waals surface area contributed by atoms with Gasteiger partial charge in [-0.3, -0.25) is 4.72 Å². The molecular formula is C18H22N2O4S. The molecule has 134 valence electrons. The Labute approximate surface area is 147 Å². The van der Waals surface area contributed by atoms with Crippen molar-refractivity contribution in [2.45, 2.75) is 37.6 Å². The van der Waals surface area contributed by atoms with Gasteiger partial charge in [0.25, 0.3) is 10.0 Å². The number of benzene rings is 2. The van der Waals surface area contributed by atoms with E-state index in [1.807, 2.05) is 13.8 Å². The van der Waals surface area contributed by atoms with Crippen LogP contribution >= 0.6 is 0 Å². The molecule has 2 aromatic carbocycles. The van der Waals surface area contributed by atoms with Crippen LogP contribution in [0.4, 0.5) is 11.4 Å². The van der Waals surface area contributed by atoms with E-state index in [9.17, 15) is 18.3 Å². The van der Waals surface area contributed by atoms with Crippen LogP contribution in [0.25, 0.3) is 0 Å². The van der Waals surface area contributed by atoms with Crippen molar-refractivity contribution in [3.8, 4) is 0 Å². The van der Waals surface area contributed by atoms with Gasteiger partial charge >= 0.3 is 5.97 Å². The minimum atomic E-state index is -3.87. The summed E-state index contributed by atoms with van der Waals surface area (Å²) in [7, 11) is -3.87. The lowest BCUT2D eigenvalue weighted by atomic mass is 10.1. The lowest BCUT2D eigenvalue weighted by Crippen LogP contribution is -2.18. The fraction of sp³-hybridized carbons (Fsp3) is 0.278. The molecule has 3 N–H and O–H groups in total. The zero-order valence-corrected chi connectivity index (χ0v) is 15.0. The van der Waals surface area contributed by atoms with E-state index in [1.165, 1.54) is 18.2 Å². The molecule has 2 aromatic rings. The molecule has 0 radical (unpaired) electrons. The number of para-hydroxylation sites is 1. The van der Waals surface area contributed by atoms with Gasteiger partial charge in [0.15, 0.2) is 0 Å². The van der Waals surface area contributed by atoms with Gasteiger partial charge in [-0.2, -0.15) is 0 Å². The number of rotatable bonds is 8. The van der Waals surface area contributed by atoms with Gasteiger partial charge in [-0.15, -0.1) is 0 Å². The molecular weight excluding hydrogens is 340 g/mol. The largest absolute Gasteiger partial charge is 0.478 e. The van der Waals surface area contributed by atoms with Gasteiger partial charge in [-0.25, -0.2) is 13.2 Å². The van der Waals surface area contributed by atoms with Crippen LogP contribution in [-0.4, -0.2) is 25.5 Å². The van der Waals surface area contributed by atoms with E-state index in [1.54, 1.807) is 30.3 Å². The summed E-state index contributed by atoms with van der Waals surface area (Å²) >= 11 is 0. The topological polar surface area (TPSA) is 95.5 Å². The number of hydrogen-bond donors (Lipinski definition) is 3. The molecule has 0 bridgehead atoms. The van der Waals surface area contributed by atoms with Gasteiger partial charge in [-0.1, -0.05) is 31.5 Å². The highest BCUT2D eigenvalue weighted by atomic mass is 32.2. The Morgan fingerprint density at radius 1 is 1.16 bits per heavy atom. The summed E-state index contributed by atoms with van der Waals surface area (Å²) in [5.41, 5.74) is 0.754. The van der Waals surface area contributed by atoms with Crippen molar-refractivity contribution in [1.29, 1.82) is 0 Å². The van der Waals surface area contributed by atoms with Crippen molar-refractivity contribution >= 4 is 27.4 Å². The van der Waals surface area contributed by atoms with E-state index in [2.05, 4.69) is 10.0 Å². The molecule has 0 aromatic heterocycles. The van der Waals surface area contributed by atoms with Crippen molar-refractivity contribution in [1.82, 2.24) is 0 Å². The minimum Gasteiger partial charge on any atom is -0.478 e. The van der Waals surface area contributed by atoms with E-state index in [-0.39, 0.29) is 16.5 Å². The zero-order chi connectivity index (χ0) is 18.4. The van der Waals surface area contributed by atoms with E-state index in [0.29, 0.717) is 11.4 Å². The lowest BCUT2D eigenvalue weighted by molar-refractivity contribution is 0.0697. The third-order valence-corrected chi connectivity index (χ3v) is 5.06. The van der Waals surface area contributed by atoms with Crippen molar-refractivity contribution in [2.75, 3.05) is 10.0 Å². The summed E-state index contributed by atoms with van der Waals surface area (Å²) in [4.78, 5) is 11.4. The predicted octanol–water partition coefficient (Wildman–Crippen LogP) is 3.79. The van der Waals surface area contributed by atoms with Crippen LogP contribution in [0, 0.1) is 0 Å². The molecule has 7 heteroatoms. The Balaban J connectivity index is 2.33. The van der Waals surface area contributed by atoms with E-state index >= 15 is 0 Å². The molecule has 0 spiro atoms. The van der Waals surface area contributed by atoms with Crippen LogP contribution in [0.15, 0.2) is 53.4 Å². The molecule has 2 rings (SSSR count). The maximum atomic E-state index is 12.5. The molecule has 1 atom stereocenters. The second kappa shape index (κ2) is 8.02.